The second-order valence-corrected chi connectivity index (χ2v) is 25.8. The SMILES string of the molecule is CCOC(=O)Cc1nc(C)sc1C.Cc1c(I)c(CCOC=O)nn1C.Cc1cc(CCOC=O)nn1C.Cc1csc(C)n1.Cc1nc(C(F)F)c(C)s1.Cc1nc(C)c(C)s1.Cc1nn(C)c(C)c1C.Cc1nn(C)c(C)c1I.O=C=O.O=C=O.O=C=O.O=C=O.O=C=O. The number of hydrogen-bond donors (Lipinski definition) is 0. The van der Waals surface area contributed by atoms with Gasteiger partial charge in [-0.1, -0.05) is 0 Å². The van der Waals surface area contributed by atoms with Crippen molar-refractivity contribution in [2.24, 2.45) is 28.2 Å². The van der Waals surface area contributed by atoms with Crippen molar-refractivity contribution in [3.63, 3.8) is 0 Å². The van der Waals surface area contributed by atoms with Crippen LogP contribution in [0.1, 0.15) is 122 Å². The monoisotopic (exact) mass is 1640 g/mol. The second-order valence-electron chi connectivity index (χ2n) is 18.3. The Morgan fingerprint density at radius 2 is 0.969 bits per heavy atom. The van der Waals surface area contributed by atoms with Gasteiger partial charge in [-0.05, 0) is 175 Å². The van der Waals surface area contributed by atoms with Gasteiger partial charge >= 0.3 is 36.7 Å². The van der Waals surface area contributed by atoms with Gasteiger partial charge in [0.2, 0.25) is 0 Å². The summed E-state index contributed by atoms with van der Waals surface area (Å²) in [5.74, 6) is -0.198. The highest BCUT2D eigenvalue weighted by molar-refractivity contribution is 14.1. The molecule has 0 atom stereocenters. The maximum absolute atomic E-state index is 12.0. The van der Waals surface area contributed by atoms with Gasteiger partial charge in [-0.25, -0.2) is 28.7 Å². The summed E-state index contributed by atoms with van der Waals surface area (Å²) in [6, 6.07) is 1.98. The van der Waals surface area contributed by atoms with E-state index < -0.39 is 6.43 Å². The molecular formula is C60H80F2I2N12O16S4. The second kappa shape index (κ2) is 57.3. The average Bonchev–Trinajstić information content (AvgIpc) is 2.13. The molecule has 0 spiro atoms. The van der Waals surface area contributed by atoms with Crippen LogP contribution >= 0.6 is 90.5 Å². The van der Waals surface area contributed by atoms with Crippen LogP contribution in [0.25, 0.3) is 0 Å². The van der Waals surface area contributed by atoms with E-state index in [2.05, 4.69) is 128 Å². The number of aryl methyl sites for hydroxylation is 16. The summed E-state index contributed by atoms with van der Waals surface area (Å²) in [5.41, 5.74) is 13.3. The van der Waals surface area contributed by atoms with E-state index in [4.69, 9.17) is 52.7 Å². The highest BCUT2D eigenvalue weighted by Crippen LogP contribution is 2.26. The highest BCUT2D eigenvalue weighted by atomic mass is 127. The van der Waals surface area contributed by atoms with Crippen LogP contribution < -0.4 is 0 Å². The van der Waals surface area contributed by atoms with Crippen molar-refractivity contribution in [2.45, 2.75) is 143 Å². The first kappa shape index (κ1) is 96.7. The van der Waals surface area contributed by atoms with E-state index in [0.29, 0.717) is 61.9 Å². The molecule has 0 saturated heterocycles. The number of carbonyl (C=O) groups is 3. The van der Waals surface area contributed by atoms with E-state index in [1.807, 2.05) is 118 Å². The molecule has 0 aliphatic carbocycles. The molecule has 8 heterocycles. The number of carbonyl (C=O) groups excluding carboxylic acids is 13. The molecule has 96 heavy (non-hydrogen) atoms. The summed E-state index contributed by atoms with van der Waals surface area (Å²) in [6.07, 6.45) is 0.480. The molecule has 36 heteroatoms. The average molecular weight is 1650 g/mol. The number of hydrogen-bond acceptors (Lipinski definition) is 28. The van der Waals surface area contributed by atoms with Gasteiger partial charge in [0.25, 0.3) is 19.4 Å². The molecule has 0 saturated carbocycles. The molecule has 0 fully saturated rings. The number of nitrogens with zero attached hydrogens (tertiary/aromatic N) is 12. The lowest BCUT2D eigenvalue weighted by Gasteiger charge is -1.99. The largest absolute Gasteiger partial charge is 0.467 e. The number of thiazole rings is 4. The number of aromatic nitrogens is 12. The minimum Gasteiger partial charge on any atom is -0.467 e. The van der Waals surface area contributed by atoms with Crippen LogP contribution in [0.3, 0.4) is 0 Å². The van der Waals surface area contributed by atoms with Crippen LogP contribution in [0.4, 0.5) is 8.78 Å². The Morgan fingerprint density at radius 1 is 0.531 bits per heavy atom. The minimum atomic E-state index is -2.43. The van der Waals surface area contributed by atoms with E-state index >= 15 is 0 Å². The summed E-state index contributed by atoms with van der Waals surface area (Å²) < 4.78 is 47.8. The van der Waals surface area contributed by atoms with Crippen LogP contribution in [0.5, 0.6) is 0 Å². The van der Waals surface area contributed by atoms with Gasteiger partial charge in [-0.15, -0.1) is 45.3 Å². The first-order chi connectivity index (χ1) is 44.9. The highest BCUT2D eigenvalue weighted by Gasteiger charge is 2.15. The summed E-state index contributed by atoms with van der Waals surface area (Å²) in [6.45, 7) is 35.7. The minimum absolute atomic E-state index is 0.0671. The van der Waals surface area contributed by atoms with E-state index in [9.17, 15) is 23.2 Å². The fourth-order valence-corrected chi connectivity index (χ4v) is 10.8. The summed E-state index contributed by atoms with van der Waals surface area (Å²) in [7, 11) is 7.72. The first-order valence-electron chi connectivity index (χ1n) is 27.4. The van der Waals surface area contributed by atoms with Crippen molar-refractivity contribution >= 4 is 140 Å². The summed E-state index contributed by atoms with van der Waals surface area (Å²) in [4.78, 5) is 131. The predicted octanol–water partition coefficient (Wildman–Crippen LogP) is 9.95. The number of ether oxygens (including phenoxy) is 3. The first-order valence-corrected chi connectivity index (χ1v) is 32.9. The Balaban J connectivity index is -0.000000320. The lowest BCUT2D eigenvalue weighted by Crippen LogP contribution is -2.08. The molecule has 528 valence electrons. The Hall–Kier alpha value is -8.01. The van der Waals surface area contributed by atoms with E-state index in [1.54, 1.807) is 59.5 Å². The van der Waals surface area contributed by atoms with Crippen molar-refractivity contribution in [3.8, 4) is 0 Å². The van der Waals surface area contributed by atoms with Crippen molar-refractivity contribution in [2.75, 3.05) is 19.8 Å². The molecule has 0 aromatic carbocycles. The zero-order valence-corrected chi connectivity index (χ0v) is 64.8. The fraction of sp³-hybridized carbons (Fsp3) is 0.467. The van der Waals surface area contributed by atoms with Crippen molar-refractivity contribution in [3.05, 3.63) is 127 Å². The maximum Gasteiger partial charge on any atom is 0.373 e. The molecule has 28 nitrogen and oxygen atoms in total. The normalized spacial score (nSPS) is 8.94. The van der Waals surface area contributed by atoms with Gasteiger partial charge in [0, 0.05) is 89.5 Å². The lowest BCUT2D eigenvalue weighted by molar-refractivity contribution is -0.193. The van der Waals surface area contributed by atoms with E-state index in [-0.39, 0.29) is 42.4 Å². The third kappa shape index (κ3) is 44.6. The summed E-state index contributed by atoms with van der Waals surface area (Å²) in [5, 5.41) is 23.0. The van der Waals surface area contributed by atoms with Crippen molar-refractivity contribution < 1.29 is 85.3 Å². The topological polar surface area (TPSA) is 372 Å². The third-order valence-corrected chi connectivity index (χ3v) is 18.2. The van der Waals surface area contributed by atoms with Gasteiger partial charge in [0.05, 0.1) is 87.6 Å². The lowest BCUT2D eigenvalue weighted by atomic mass is 10.2. The van der Waals surface area contributed by atoms with Crippen LogP contribution in [0.2, 0.25) is 0 Å². The quantitative estimate of drug-likeness (QED) is 0.0361. The molecule has 0 aliphatic heterocycles. The van der Waals surface area contributed by atoms with Gasteiger partial charge in [-0.3, -0.25) is 33.1 Å². The van der Waals surface area contributed by atoms with E-state index in [1.165, 1.54) is 47.4 Å². The Morgan fingerprint density at radius 3 is 1.21 bits per heavy atom. The fourth-order valence-electron chi connectivity index (χ4n) is 6.55. The van der Waals surface area contributed by atoms with Crippen molar-refractivity contribution in [1.82, 2.24) is 59.1 Å². The Kier molecular flexibility index (Phi) is 57.7. The van der Waals surface area contributed by atoms with E-state index in [0.717, 1.165) is 64.0 Å². The zero-order chi connectivity index (χ0) is 75.4. The van der Waals surface area contributed by atoms with Crippen LogP contribution in [0.15, 0.2) is 11.4 Å². The number of alkyl halides is 2. The molecule has 8 rings (SSSR count). The van der Waals surface area contributed by atoms with Gasteiger partial charge < -0.3 is 14.2 Å². The molecular weight excluding hydrogens is 1560 g/mol. The molecule has 0 bridgehead atoms. The van der Waals surface area contributed by atoms with Gasteiger partial charge in [0.15, 0.2) is 0 Å². The smallest absolute Gasteiger partial charge is 0.373 e. The molecule has 0 radical (unpaired) electrons. The van der Waals surface area contributed by atoms with Crippen molar-refractivity contribution in [1.29, 1.82) is 0 Å². The molecule has 0 aliphatic rings. The van der Waals surface area contributed by atoms with Gasteiger partial charge in [-0.2, -0.15) is 68.3 Å². The number of halogens is 4. The van der Waals surface area contributed by atoms with Crippen LogP contribution in [-0.2, 0) is 124 Å². The Bertz CT molecular complexity index is 3490. The maximum atomic E-state index is 12.0. The molecule has 0 unspecified atom stereocenters. The third-order valence-electron chi connectivity index (χ3n) is 11.5. The van der Waals surface area contributed by atoms with Crippen LogP contribution in [0, 0.1) is 118 Å². The predicted molar refractivity (Wildman–Crippen MR) is 364 cm³/mol. The molecule has 8 aromatic rings. The molecule has 0 amide bonds. The van der Waals surface area contributed by atoms with Crippen LogP contribution in [-0.4, -0.2) is 129 Å². The number of rotatable bonds is 12. The standard InChI is InChI=1S/C9H13NO2S.C8H11IN2O2.C8H12N2O2.C7H12N2.C6H7F2NS.C6H9IN2.C6H9NS.C5H7NS.5CO2/c1-4-12-9(11)5-8-6(2)13-7(3)10-8;1-6-8(9)7(10-11(6)2)3-4-13-5-12;1-7-5-8(9-10(7)2)3-4-12-6-11;1-5-6(2)8-9(4)7(5)3;1-3-5(6(7)8)9-4(2)10-3;1-4-6(7)5(2)9(3)8-4;1-4-5(2)8-6(3)7-4;1-4-3-7-5(2)6-4;5*2-1-3/h4-5H2,1-3H3;5H,3-4H2,1-2H3;5-6H,3-4H2,1-2H3;1-4H3;6H,1-2H3;1-3H3;1-3H3;3H,1-2H3;;;;;. The molecule has 0 N–H and O–H groups in total. The van der Waals surface area contributed by atoms with Gasteiger partial charge in [0.1, 0.15) is 5.69 Å². The number of esters is 1. The molecule has 8 aromatic heterocycles. The summed E-state index contributed by atoms with van der Waals surface area (Å²) >= 11 is 10.9. The zero-order valence-electron chi connectivity index (χ0n) is 57.2. The Labute approximate surface area is 598 Å².